The Labute approximate surface area is 165 Å². The molecule has 0 N–H and O–H groups in total. The summed E-state index contributed by atoms with van der Waals surface area (Å²) in [5.41, 5.74) is 3.43. The number of hydrogen-bond acceptors (Lipinski definition) is 3. The zero-order valence-electron chi connectivity index (χ0n) is 16.1. The van der Waals surface area contributed by atoms with Gasteiger partial charge in [0, 0.05) is 16.7 Å². The first kappa shape index (κ1) is 17.9. The topological polar surface area (TPSA) is 36.1 Å². The lowest BCUT2D eigenvalue weighted by Gasteiger charge is -2.33. The van der Waals surface area contributed by atoms with Gasteiger partial charge in [0.25, 0.3) is 0 Å². The minimum absolute atomic E-state index is 0.306. The van der Waals surface area contributed by atoms with Gasteiger partial charge in [0.15, 0.2) is 0 Å². The van der Waals surface area contributed by atoms with E-state index in [9.17, 15) is 5.26 Å². The summed E-state index contributed by atoms with van der Waals surface area (Å²) in [7, 11) is 0. The van der Waals surface area contributed by atoms with Gasteiger partial charge in [0.1, 0.15) is 11.1 Å². The van der Waals surface area contributed by atoms with Gasteiger partial charge in [0.2, 0.25) is 0 Å². The highest BCUT2D eigenvalue weighted by molar-refractivity contribution is 7.16. The summed E-state index contributed by atoms with van der Waals surface area (Å²) >= 11 is 1.71. The molecule has 136 valence electrons. The zero-order valence-corrected chi connectivity index (χ0v) is 16.9. The van der Waals surface area contributed by atoms with E-state index in [2.05, 4.69) is 69.3 Å². The predicted molar refractivity (Wildman–Crippen MR) is 115 cm³/mol. The number of benzene rings is 2. The molecule has 2 aromatic carbocycles. The van der Waals surface area contributed by atoms with Crippen LogP contribution in [0.15, 0.2) is 47.5 Å². The van der Waals surface area contributed by atoms with Gasteiger partial charge < -0.3 is 0 Å². The van der Waals surface area contributed by atoms with Crippen LogP contribution >= 0.6 is 11.3 Å². The van der Waals surface area contributed by atoms with Crippen molar-refractivity contribution in [3.63, 3.8) is 0 Å². The van der Waals surface area contributed by atoms with E-state index in [1.807, 2.05) is 6.21 Å². The van der Waals surface area contributed by atoms with Crippen molar-refractivity contribution in [3.8, 4) is 6.07 Å². The molecule has 0 radical (unpaired) electrons. The maximum atomic E-state index is 9.74. The molecule has 0 saturated heterocycles. The standard InChI is InChI=1S/C24H24N2S/c1-24(2,3)18-11-12-20-21(14-25)23(27-22(20)13-18)26-15-17-9-6-8-16-7-4-5-10-19(16)17/h4-10,15,18H,11-13H2,1-3H3/t18-/m0/s1. The molecule has 2 nitrogen and oxygen atoms in total. The molecule has 0 saturated carbocycles. The van der Waals surface area contributed by atoms with Crippen LogP contribution in [0.3, 0.4) is 0 Å². The van der Waals surface area contributed by atoms with Crippen molar-refractivity contribution in [1.29, 1.82) is 5.26 Å². The Kier molecular flexibility index (Phi) is 4.61. The van der Waals surface area contributed by atoms with E-state index in [1.54, 1.807) is 11.3 Å². The van der Waals surface area contributed by atoms with Crippen molar-refractivity contribution >= 4 is 33.3 Å². The van der Waals surface area contributed by atoms with E-state index >= 15 is 0 Å². The first-order valence-electron chi connectivity index (χ1n) is 9.54. The second-order valence-corrected chi connectivity index (χ2v) is 9.51. The van der Waals surface area contributed by atoms with Gasteiger partial charge in [-0.1, -0.05) is 63.2 Å². The Bertz CT molecular complexity index is 1050. The summed E-state index contributed by atoms with van der Waals surface area (Å²) in [4.78, 5) is 6.12. The number of hydrogen-bond donors (Lipinski definition) is 0. The van der Waals surface area contributed by atoms with Crippen LogP contribution in [0.1, 0.15) is 48.8 Å². The van der Waals surface area contributed by atoms with Gasteiger partial charge >= 0.3 is 0 Å². The monoisotopic (exact) mass is 372 g/mol. The molecule has 3 heteroatoms. The van der Waals surface area contributed by atoms with Crippen molar-refractivity contribution in [2.75, 3.05) is 0 Å². The van der Waals surface area contributed by atoms with Crippen LogP contribution < -0.4 is 0 Å². The van der Waals surface area contributed by atoms with Gasteiger partial charge in [-0.3, -0.25) is 0 Å². The molecule has 0 amide bonds. The molecule has 0 bridgehead atoms. The molecule has 4 rings (SSSR count). The van der Waals surface area contributed by atoms with E-state index in [0.717, 1.165) is 35.4 Å². The van der Waals surface area contributed by atoms with Crippen molar-refractivity contribution in [2.45, 2.75) is 40.0 Å². The van der Waals surface area contributed by atoms with E-state index in [4.69, 9.17) is 4.99 Å². The Morgan fingerprint density at radius 3 is 2.70 bits per heavy atom. The third-order valence-electron chi connectivity index (χ3n) is 5.73. The number of aliphatic imine (C=N–C) groups is 1. The largest absolute Gasteiger partial charge is 0.244 e. The van der Waals surface area contributed by atoms with Crippen LogP contribution in [0.4, 0.5) is 5.00 Å². The molecule has 0 spiro atoms. The number of thiophene rings is 1. The molecule has 1 heterocycles. The molecule has 1 atom stereocenters. The fourth-order valence-corrected chi connectivity index (χ4v) is 5.23. The maximum Gasteiger partial charge on any atom is 0.134 e. The molecule has 3 aromatic rings. The maximum absolute atomic E-state index is 9.74. The highest BCUT2D eigenvalue weighted by Gasteiger charge is 2.32. The Balaban J connectivity index is 1.70. The quantitative estimate of drug-likeness (QED) is 0.462. The lowest BCUT2D eigenvalue weighted by atomic mass is 9.72. The Hall–Kier alpha value is -2.44. The van der Waals surface area contributed by atoms with Crippen molar-refractivity contribution < 1.29 is 0 Å². The van der Waals surface area contributed by atoms with Crippen LogP contribution in [0.25, 0.3) is 10.8 Å². The SMILES string of the molecule is CC(C)(C)[C@H]1CCc2c(sc(N=Cc3cccc4ccccc34)c2C#N)C1. The molecular weight excluding hydrogens is 348 g/mol. The number of nitriles is 1. The third-order valence-corrected chi connectivity index (χ3v) is 6.89. The zero-order chi connectivity index (χ0) is 19.0. The minimum atomic E-state index is 0.306. The highest BCUT2D eigenvalue weighted by atomic mass is 32.1. The number of fused-ring (bicyclic) bond motifs is 2. The third kappa shape index (κ3) is 3.42. The van der Waals surface area contributed by atoms with Gasteiger partial charge in [0.05, 0.1) is 5.56 Å². The molecule has 0 aliphatic heterocycles. The van der Waals surface area contributed by atoms with E-state index < -0.39 is 0 Å². The van der Waals surface area contributed by atoms with Crippen LogP contribution in [0.2, 0.25) is 0 Å². The van der Waals surface area contributed by atoms with Crippen LogP contribution in [0, 0.1) is 22.7 Å². The first-order chi connectivity index (χ1) is 13.0. The van der Waals surface area contributed by atoms with Crippen molar-refractivity contribution in [2.24, 2.45) is 16.3 Å². The Morgan fingerprint density at radius 2 is 1.93 bits per heavy atom. The Morgan fingerprint density at radius 1 is 1.15 bits per heavy atom. The lowest BCUT2D eigenvalue weighted by Crippen LogP contribution is -2.26. The smallest absolute Gasteiger partial charge is 0.134 e. The van der Waals surface area contributed by atoms with Gasteiger partial charge in [-0.05, 0) is 46.9 Å². The van der Waals surface area contributed by atoms with Gasteiger partial charge in [-0.15, -0.1) is 11.3 Å². The number of rotatable bonds is 2. The fourth-order valence-electron chi connectivity index (χ4n) is 4.01. The summed E-state index contributed by atoms with van der Waals surface area (Å²) in [6, 6.07) is 17.0. The average molecular weight is 373 g/mol. The van der Waals surface area contributed by atoms with E-state index in [0.29, 0.717) is 11.3 Å². The van der Waals surface area contributed by atoms with Gasteiger partial charge in [-0.25, -0.2) is 4.99 Å². The minimum Gasteiger partial charge on any atom is -0.244 e. The first-order valence-corrected chi connectivity index (χ1v) is 10.4. The second kappa shape index (κ2) is 6.94. The molecule has 1 aliphatic carbocycles. The fraction of sp³-hybridized carbons (Fsp3) is 0.333. The van der Waals surface area contributed by atoms with Crippen LogP contribution in [-0.4, -0.2) is 6.21 Å². The molecule has 0 fully saturated rings. The predicted octanol–water partition coefficient (Wildman–Crippen LogP) is 6.67. The van der Waals surface area contributed by atoms with Crippen LogP contribution in [-0.2, 0) is 12.8 Å². The summed E-state index contributed by atoms with van der Waals surface area (Å²) in [6.07, 6.45) is 5.15. The van der Waals surface area contributed by atoms with E-state index in [-0.39, 0.29) is 0 Å². The van der Waals surface area contributed by atoms with Crippen LogP contribution in [0.5, 0.6) is 0 Å². The molecule has 1 aliphatic rings. The van der Waals surface area contributed by atoms with Crippen molar-refractivity contribution in [1.82, 2.24) is 0 Å². The average Bonchev–Trinajstić information content (AvgIpc) is 3.02. The van der Waals surface area contributed by atoms with Gasteiger partial charge in [-0.2, -0.15) is 5.26 Å². The molecule has 0 unspecified atom stereocenters. The summed E-state index contributed by atoms with van der Waals surface area (Å²) in [5, 5.41) is 13.0. The lowest BCUT2D eigenvalue weighted by molar-refractivity contribution is 0.218. The molecule has 27 heavy (non-hydrogen) atoms. The molecular formula is C24H24N2S. The summed E-state index contributed by atoms with van der Waals surface area (Å²) in [5.74, 6) is 0.671. The normalized spacial score (nSPS) is 17.2. The summed E-state index contributed by atoms with van der Waals surface area (Å²) in [6.45, 7) is 6.96. The molecule has 1 aromatic heterocycles. The highest BCUT2D eigenvalue weighted by Crippen LogP contribution is 2.44. The number of nitrogens with zero attached hydrogens (tertiary/aromatic N) is 2. The van der Waals surface area contributed by atoms with Crippen molar-refractivity contribution in [3.05, 3.63) is 64.0 Å². The van der Waals surface area contributed by atoms with E-state index in [1.165, 1.54) is 21.2 Å². The second-order valence-electron chi connectivity index (χ2n) is 8.43. The summed E-state index contributed by atoms with van der Waals surface area (Å²) < 4.78 is 0.